The number of β-lactam (4-membered cyclic amide) rings is 1. The number of aldehydes is 1. The third kappa shape index (κ3) is 4.40. The van der Waals surface area contributed by atoms with Gasteiger partial charge in [-0.05, 0) is 45.2 Å². The normalized spacial score (nSPS) is 20.3. The maximum absolute atomic E-state index is 12.5. The molecule has 6 heteroatoms. The van der Waals surface area contributed by atoms with Gasteiger partial charge in [-0.1, -0.05) is 33.9 Å². The Bertz CT molecular complexity index is 376. The van der Waals surface area contributed by atoms with Gasteiger partial charge in [-0.25, -0.2) is 0 Å². The Balaban J connectivity index is 0. The zero-order valence-electron chi connectivity index (χ0n) is 15.6. The molecule has 1 amide bonds. The Morgan fingerprint density at radius 1 is 1.32 bits per heavy atom. The molecule has 5 nitrogen and oxygen atoms in total. The summed E-state index contributed by atoms with van der Waals surface area (Å²) in [5.74, 6) is 0.537. The van der Waals surface area contributed by atoms with Crippen LogP contribution < -0.4 is 5.73 Å². The first kappa shape index (κ1) is 23.5. The smallest absolute Gasteiger partial charge is 0.220 e. The molecule has 22 heavy (non-hydrogen) atoms. The van der Waals surface area contributed by atoms with Gasteiger partial charge < -0.3 is 20.6 Å². The molecule has 0 spiro atoms. The van der Waals surface area contributed by atoms with Gasteiger partial charge in [-0.2, -0.15) is 0 Å². The fraction of sp³-hybridized carbons (Fsp3) is 0.875. The summed E-state index contributed by atoms with van der Waals surface area (Å²) >= 11 is 0. The summed E-state index contributed by atoms with van der Waals surface area (Å²) < 4.78 is 2.22. The van der Waals surface area contributed by atoms with E-state index in [0.717, 1.165) is 19.1 Å². The molecule has 0 aromatic carbocycles. The van der Waals surface area contributed by atoms with Crippen LogP contribution in [0.1, 0.15) is 54.4 Å². The summed E-state index contributed by atoms with van der Waals surface area (Å²) in [7, 11) is -1.75. The zero-order chi connectivity index (χ0) is 17.1. The molecule has 0 radical (unpaired) electrons. The first-order valence-corrected chi connectivity index (χ1v) is 10.8. The largest absolute Gasteiger partial charge is 0.412 e. The van der Waals surface area contributed by atoms with Crippen LogP contribution in [0.2, 0.25) is 18.1 Å². The predicted octanol–water partition coefficient (Wildman–Crippen LogP) is 2.35. The van der Waals surface area contributed by atoms with Crippen molar-refractivity contribution in [2.24, 2.45) is 11.7 Å². The lowest BCUT2D eigenvalue weighted by Crippen LogP contribution is -2.77. The lowest BCUT2D eigenvalue weighted by Gasteiger charge is -2.63. The molecule has 0 aromatic heterocycles. The van der Waals surface area contributed by atoms with E-state index >= 15 is 0 Å². The van der Waals surface area contributed by atoms with Crippen LogP contribution in [0.25, 0.3) is 0 Å². The van der Waals surface area contributed by atoms with Crippen LogP contribution in [0.4, 0.5) is 0 Å². The summed E-state index contributed by atoms with van der Waals surface area (Å²) in [6.07, 6.45) is 2.64. The maximum Gasteiger partial charge on any atom is 0.220 e. The van der Waals surface area contributed by atoms with Crippen molar-refractivity contribution in [2.75, 3.05) is 6.54 Å². The second kappa shape index (κ2) is 8.22. The van der Waals surface area contributed by atoms with Crippen LogP contribution in [-0.2, 0) is 9.59 Å². The van der Waals surface area contributed by atoms with E-state index in [1.807, 2.05) is 0 Å². The number of nitrogens with two attached hydrogens (primary N) is 1. The molecule has 0 aromatic rings. The van der Waals surface area contributed by atoms with Crippen molar-refractivity contribution in [1.29, 1.82) is 0 Å². The molecule has 1 aliphatic heterocycles. The molecular weight excluding hydrogens is 296 g/mol. The molecular formula is C16H36N2O3Si. The number of carbonyl (C=O) groups excluding carboxylic acids is 2. The quantitative estimate of drug-likeness (QED) is 0.486. The van der Waals surface area contributed by atoms with E-state index in [1.165, 1.54) is 6.92 Å². The minimum atomic E-state index is -1.75. The SMILES string of the molecule is CC1(C)C(CCCN)C(=O)N1[Si](C)(C)C(C)(C)C.CC=O.O. The first-order valence-electron chi connectivity index (χ1n) is 7.83. The average Bonchev–Trinajstić information content (AvgIpc) is 2.27. The summed E-state index contributed by atoms with van der Waals surface area (Å²) in [5, 5.41) is 0.207. The van der Waals surface area contributed by atoms with Crippen LogP contribution in [0, 0.1) is 5.92 Å². The number of amides is 1. The average molecular weight is 333 g/mol. The highest BCUT2D eigenvalue weighted by Gasteiger charge is 2.60. The first-order chi connectivity index (χ1) is 9.39. The lowest BCUT2D eigenvalue weighted by molar-refractivity contribution is -0.157. The Labute approximate surface area is 137 Å². The van der Waals surface area contributed by atoms with E-state index in [9.17, 15) is 4.79 Å². The molecule has 1 aliphatic rings. The minimum Gasteiger partial charge on any atom is -0.412 e. The second-order valence-electron chi connectivity index (χ2n) is 7.86. The summed E-state index contributed by atoms with van der Waals surface area (Å²) in [6.45, 7) is 18.0. The molecule has 1 atom stereocenters. The Kier molecular flexibility index (Phi) is 8.80. The fourth-order valence-electron chi connectivity index (χ4n) is 2.96. The monoisotopic (exact) mass is 332 g/mol. The van der Waals surface area contributed by atoms with Gasteiger partial charge in [0.2, 0.25) is 5.91 Å². The second-order valence-corrected chi connectivity index (χ2v) is 12.9. The van der Waals surface area contributed by atoms with Gasteiger partial charge in [-0.15, -0.1) is 0 Å². The molecule has 0 aliphatic carbocycles. The van der Waals surface area contributed by atoms with E-state index < -0.39 is 8.24 Å². The van der Waals surface area contributed by atoms with Crippen molar-refractivity contribution in [3.63, 3.8) is 0 Å². The number of carbonyl (C=O) groups is 2. The van der Waals surface area contributed by atoms with E-state index in [-0.39, 0.29) is 22.0 Å². The molecule has 0 bridgehead atoms. The van der Waals surface area contributed by atoms with E-state index in [4.69, 9.17) is 10.5 Å². The van der Waals surface area contributed by atoms with Crippen LogP contribution in [0.3, 0.4) is 0 Å². The van der Waals surface area contributed by atoms with Crippen molar-refractivity contribution in [1.82, 2.24) is 4.57 Å². The summed E-state index contributed by atoms with van der Waals surface area (Å²) in [6, 6.07) is 0. The van der Waals surface area contributed by atoms with Gasteiger partial charge >= 0.3 is 0 Å². The minimum absolute atomic E-state index is 0. The van der Waals surface area contributed by atoms with Crippen LogP contribution in [0.5, 0.6) is 0 Å². The van der Waals surface area contributed by atoms with Gasteiger partial charge in [0.05, 0.1) is 5.92 Å². The van der Waals surface area contributed by atoms with Crippen molar-refractivity contribution in [3.05, 3.63) is 0 Å². The van der Waals surface area contributed by atoms with Crippen LogP contribution in [-0.4, -0.2) is 42.6 Å². The van der Waals surface area contributed by atoms with Crippen LogP contribution >= 0.6 is 0 Å². The zero-order valence-corrected chi connectivity index (χ0v) is 16.6. The van der Waals surface area contributed by atoms with E-state index in [0.29, 0.717) is 12.5 Å². The van der Waals surface area contributed by atoms with Gasteiger partial charge in [0, 0.05) is 5.54 Å². The molecule has 0 saturated carbocycles. The fourth-order valence-corrected chi connectivity index (χ4v) is 5.94. The van der Waals surface area contributed by atoms with E-state index in [1.54, 1.807) is 0 Å². The third-order valence-electron chi connectivity index (χ3n) is 5.04. The molecule has 1 heterocycles. The van der Waals surface area contributed by atoms with Crippen molar-refractivity contribution >= 4 is 20.4 Å². The molecule has 132 valence electrons. The maximum atomic E-state index is 12.5. The lowest BCUT2D eigenvalue weighted by atomic mass is 9.76. The Morgan fingerprint density at radius 3 is 2.00 bits per heavy atom. The highest BCUT2D eigenvalue weighted by atomic mass is 28.3. The van der Waals surface area contributed by atoms with Gasteiger partial charge in [0.25, 0.3) is 0 Å². The Hall–Kier alpha value is -0.723. The number of nitrogens with zero attached hydrogens (tertiary/aromatic N) is 1. The van der Waals surface area contributed by atoms with Gasteiger partial charge in [-0.3, -0.25) is 4.79 Å². The van der Waals surface area contributed by atoms with Crippen molar-refractivity contribution in [2.45, 2.75) is 78.1 Å². The van der Waals surface area contributed by atoms with E-state index in [2.05, 4.69) is 52.3 Å². The molecule has 1 unspecified atom stereocenters. The topological polar surface area (TPSA) is 94.9 Å². The summed E-state index contributed by atoms with van der Waals surface area (Å²) in [4.78, 5) is 21.3. The predicted molar refractivity (Wildman–Crippen MR) is 95.3 cm³/mol. The standard InChI is InChI=1S/C14H30N2OSi.C2H4O.H2O/c1-13(2,3)18(6,7)16-12(17)11(9-8-10-15)14(16,4)5;1-2-3;/h11H,8-10,15H2,1-7H3;2H,1H3;1H2. The molecule has 1 fully saturated rings. The highest BCUT2D eigenvalue weighted by molar-refractivity contribution is 6.80. The molecule has 1 saturated heterocycles. The van der Waals surface area contributed by atoms with Gasteiger partial charge in [0.15, 0.2) is 8.24 Å². The highest BCUT2D eigenvalue weighted by Crippen LogP contribution is 2.50. The molecule has 4 N–H and O–H groups in total. The van der Waals surface area contributed by atoms with Crippen molar-refractivity contribution < 1.29 is 15.1 Å². The van der Waals surface area contributed by atoms with Crippen molar-refractivity contribution in [3.8, 4) is 0 Å². The van der Waals surface area contributed by atoms with Crippen LogP contribution in [0.15, 0.2) is 0 Å². The number of hydrogen-bond acceptors (Lipinski definition) is 3. The number of rotatable bonds is 4. The van der Waals surface area contributed by atoms with Gasteiger partial charge in [0.1, 0.15) is 6.29 Å². The third-order valence-corrected chi connectivity index (χ3v) is 10.6. The number of hydrogen-bond donors (Lipinski definition) is 1. The molecule has 1 rings (SSSR count). The Morgan fingerprint density at radius 2 is 1.73 bits per heavy atom. The summed E-state index contributed by atoms with van der Waals surface area (Å²) in [5.41, 5.74) is 5.57.